The van der Waals surface area contributed by atoms with E-state index in [4.69, 9.17) is 23.2 Å². The second-order valence-corrected chi connectivity index (χ2v) is 9.54. The van der Waals surface area contributed by atoms with Gasteiger partial charge in [0.2, 0.25) is 11.6 Å². The van der Waals surface area contributed by atoms with Crippen molar-refractivity contribution in [2.24, 2.45) is 0 Å². The number of allylic oxidation sites excluding steroid dienone is 1. The van der Waals surface area contributed by atoms with Crippen LogP contribution in [0.4, 0.5) is 25.8 Å². The van der Waals surface area contributed by atoms with E-state index in [1.807, 2.05) is 0 Å². The first kappa shape index (κ1) is 26.2. The Morgan fingerprint density at radius 1 is 0.795 bits per heavy atom. The van der Waals surface area contributed by atoms with E-state index in [-0.39, 0.29) is 39.8 Å². The summed E-state index contributed by atoms with van der Waals surface area (Å²) >= 11 is 12.0. The predicted molar refractivity (Wildman–Crippen MR) is 148 cm³/mol. The number of halogens is 4. The number of fused-ring (bicyclic) bond motifs is 1. The summed E-state index contributed by atoms with van der Waals surface area (Å²) in [5.41, 5.74) is 1.86. The molecule has 4 aromatic rings. The Labute approximate surface area is 231 Å². The number of phenolic OH excluding ortho intramolecular Hbond substituents is 1. The minimum atomic E-state index is -0.937. The summed E-state index contributed by atoms with van der Waals surface area (Å²) in [7, 11) is 0. The van der Waals surface area contributed by atoms with E-state index >= 15 is 0 Å². The van der Waals surface area contributed by atoms with E-state index in [2.05, 4.69) is 16.0 Å². The summed E-state index contributed by atoms with van der Waals surface area (Å²) in [4.78, 5) is 26.9. The first-order valence-electron chi connectivity index (χ1n) is 11.6. The first-order chi connectivity index (χ1) is 18.7. The van der Waals surface area contributed by atoms with Gasteiger partial charge in [0, 0.05) is 40.0 Å². The van der Waals surface area contributed by atoms with E-state index in [9.17, 15) is 23.5 Å². The van der Waals surface area contributed by atoms with Gasteiger partial charge in [-0.3, -0.25) is 9.59 Å². The van der Waals surface area contributed by atoms with Crippen molar-refractivity contribution in [3.63, 3.8) is 0 Å². The summed E-state index contributed by atoms with van der Waals surface area (Å²) in [5, 5.41) is 19.9. The zero-order valence-corrected chi connectivity index (χ0v) is 21.5. The van der Waals surface area contributed by atoms with Gasteiger partial charge >= 0.3 is 0 Å². The summed E-state index contributed by atoms with van der Waals surface area (Å²) < 4.78 is 27.8. The van der Waals surface area contributed by atoms with Crippen LogP contribution in [0.25, 0.3) is 0 Å². The van der Waals surface area contributed by atoms with Gasteiger partial charge in [-0.1, -0.05) is 53.5 Å². The molecule has 0 atom stereocenters. The molecule has 4 aromatic carbocycles. The maximum absolute atomic E-state index is 13.9. The van der Waals surface area contributed by atoms with Gasteiger partial charge in [-0.05, 0) is 42.5 Å². The molecule has 0 amide bonds. The minimum Gasteiger partial charge on any atom is -0.506 e. The molecule has 0 radical (unpaired) electrons. The molecule has 6 nitrogen and oxygen atoms in total. The third kappa shape index (κ3) is 5.57. The average molecular weight is 566 g/mol. The Morgan fingerprint density at radius 2 is 1.46 bits per heavy atom. The van der Waals surface area contributed by atoms with Crippen LogP contribution in [-0.4, -0.2) is 16.7 Å². The topological polar surface area (TPSA) is 90.5 Å². The third-order valence-electron chi connectivity index (χ3n) is 5.99. The molecule has 39 heavy (non-hydrogen) atoms. The third-order valence-corrected chi connectivity index (χ3v) is 6.50. The van der Waals surface area contributed by atoms with E-state index in [0.29, 0.717) is 33.7 Å². The molecule has 1 aliphatic heterocycles. The lowest BCUT2D eigenvalue weighted by atomic mass is 9.95. The molecule has 0 fully saturated rings. The lowest BCUT2D eigenvalue weighted by molar-refractivity contribution is 0.0960. The summed E-state index contributed by atoms with van der Waals surface area (Å²) in [6, 6.07) is 18.8. The van der Waals surface area contributed by atoms with Gasteiger partial charge in [0.05, 0.1) is 16.4 Å². The Bertz CT molecular complexity index is 1640. The SMILES string of the molecule is O=C(C(C(=O)c1cc(F)cc(F)c1)=C1Nc2ccc(NCc3cc(Cl)cc(Cl)c3O)cc2N1)c1ccccc1. The monoisotopic (exact) mass is 565 g/mol. The van der Waals surface area contributed by atoms with Crippen LogP contribution in [0.3, 0.4) is 0 Å². The molecule has 196 valence electrons. The standard InChI is InChI=1S/C29H19Cl2F2N3O3/c30-18-8-17(26(37)22(31)11-18)14-34-21-6-7-23-24(13-21)36-29(35-23)25(27(38)15-4-2-1-3-5-15)28(39)16-9-19(32)12-20(33)10-16/h1-13,34-37H,14H2. The second kappa shape index (κ2) is 10.8. The highest BCUT2D eigenvalue weighted by Gasteiger charge is 2.30. The first-order valence-corrected chi connectivity index (χ1v) is 12.4. The molecule has 10 heteroatoms. The molecule has 0 spiro atoms. The maximum atomic E-state index is 13.9. The Morgan fingerprint density at radius 3 is 2.18 bits per heavy atom. The number of hydrogen-bond acceptors (Lipinski definition) is 6. The summed E-state index contributed by atoms with van der Waals surface area (Å²) in [6.45, 7) is 0.211. The number of carbonyl (C=O) groups excluding carboxylic acids is 2. The highest BCUT2D eigenvalue weighted by atomic mass is 35.5. The van der Waals surface area contributed by atoms with Crippen molar-refractivity contribution in [1.29, 1.82) is 0 Å². The van der Waals surface area contributed by atoms with Crippen LogP contribution in [-0.2, 0) is 6.54 Å². The van der Waals surface area contributed by atoms with Gasteiger partial charge in [-0.2, -0.15) is 0 Å². The van der Waals surface area contributed by atoms with Crippen molar-refractivity contribution in [2.45, 2.75) is 6.54 Å². The minimum absolute atomic E-state index is 0.0740. The number of benzene rings is 4. The van der Waals surface area contributed by atoms with Crippen molar-refractivity contribution in [3.05, 3.63) is 129 Å². The molecule has 0 unspecified atom stereocenters. The van der Waals surface area contributed by atoms with Gasteiger partial charge in [-0.15, -0.1) is 0 Å². The molecule has 1 heterocycles. The Kier molecular flexibility index (Phi) is 7.24. The normalized spacial score (nSPS) is 13.2. The van der Waals surface area contributed by atoms with E-state index < -0.39 is 23.2 Å². The van der Waals surface area contributed by atoms with Crippen LogP contribution in [0.1, 0.15) is 26.3 Å². The molecular formula is C29H19Cl2F2N3O3. The summed E-state index contributed by atoms with van der Waals surface area (Å²) in [6.07, 6.45) is 0. The molecule has 0 saturated heterocycles. The zero-order valence-electron chi connectivity index (χ0n) is 20.0. The van der Waals surface area contributed by atoms with E-state index in [1.165, 1.54) is 6.07 Å². The van der Waals surface area contributed by atoms with Gasteiger partial charge in [0.15, 0.2) is 0 Å². The van der Waals surface area contributed by atoms with Gasteiger partial charge in [-0.25, -0.2) is 8.78 Å². The lowest BCUT2D eigenvalue weighted by Crippen LogP contribution is -2.21. The largest absolute Gasteiger partial charge is 0.506 e. The quantitative estimate of drug-likeness (QED) is 0.0807. The fourth-order valence-corrected chi connectivity index (χ4v) is 4.67. The van der Waals surface area contributed by atoms with Crippen molar-refractivity contribution >= 4 is 51.8 Å². The lowest BCUT2D eigenvalue weighted by Gasteiger charge is -2.11. The predicted octanol–water partition coefficient (Wildman–Crippen LogP) is 7.40. The van der Waals surface area contributed by atoms with Crippen LogP contribution in [0.5, 0.6) is 5.75 Å². The van der Waals surface area contributed by atoms with Crippen LogP contribution >= 0.6 is 23.2 Å². The number of nitrogens with one attached hydrogen (secondary N) is 3. The van der Waals surface area contributed by atoms with Crippen LogP contribution in [0.2, 0.25) is 10.0 Å². The number of anilines is 3. The van der Waals surface area contributed by atoms with Crippen molar-refractivity contribution in [1.82, 2.24) is 0 Å². The molecule has 0 saturated carbocycles. The highest BCUT2D eigenvalue weighted by molar-refractivity contribution is 6.35. The molecule has 1 aliphatic rings. The van der Waals surface area contributed by atoms with Gasteiger partial charge < -0.3 is 21.1 Å². The molecule has 0 aliphatic carbocycles. The van der Waals surface area contributed by atoms with Gasteiger partial charge in [0.1, 0.15) is 28.8 Å². The van der Waals surface area contributed by atoms with Crippen molar-refractivity contribution in [3.8, 4) is 5.75 Å². The smallest absolute Gasteiger partial charge is 0.200 e. The van der Waals surface area contributed by atoms with Crippen molar-refractivity contribution in [2.75, 3.05) is 16.0 Å². The number of ketones is 2. The number of Topliss-reactive ketones (excluding diaryl/α,β-unsaturated/α-hetero) is 2. The molecular weight excluding hydrogens is 547 g/mol. The molecule has 4 N–H and O–H groups in total. The average Bonchev–Trinajstić information content (AvgIpc) is 3.32. The maximum Gasteiger partial charge on any atom is 0.200 e. The molecule has 5 rings (SSSR count). The molecule has 0 bridgehead atoms. The van der Waals surface area contributed by atoms with E-state index in [1.54, 1.807) is 54.6 Å². The Hall–Kier alpha value is -4.40. The number of aromatic hydroxyl groups is 1. The van der Waals surface area contributed by atoms with Crippen molar-refractivity contribution < 1.29 is 23.5 Å². The number of rotatable bonds is 7. The van der Waals surface area contributed by atoms with Crippen LogP contribution < -0.4 is 16.0 Å². The molecule has 0 aromatic heterocycles. The van der Waals surface area contributed by atoms with Crippen LogP contribution in [0, 0.1) is 11.6 Å². The zero-order chi connectivity index (χ0) is 27.7. The summed E-state index contributed by atoms with van der Waals surface area (Å²) in [5.74, 6) is -3.36. The second-order valence-electron chi connectivity index (χ2n) is 8.69. The van der Waals surface area contributed by atoms with E-state index in [0.717, 1.165) is 12.1 Å². The number of hydrogen-bond donors (Lipinski definition) is 4. The Balaban J connectivity index is 1.47. The van der Waals surface area contributed by atoms with Crippen LogP contribution in [0.15, 0.2) is 90.3 Å². The van der Waals surface area contributed by atoms with Gasteiger partial charge in [0.25, 0.3) is 0 Å². The number of phenols is 1. The number of carbonyl (C=O) groups is 2. The fraction of sp³-hybridized carbons (Fsp3) is 0.0345. The fourth-order valence-electron chi connectivity index (χ4n) is 4.14. The highest BCUT2D eigenvalue weighted by Crippen LogP contribution is 2.36.